The van der Waals surface area contributed by atoms with Crippen LogP contribution < -0.4 is 15.8 Å². The SMILES string of the molecule is C[C@H]1COCCN1c1cc(F)c(C(=O)N[C@@H](Cc2ccc(-c3cc4cc(F)ccc4n(C)c3=O)c3nccn23)C(=O)O)c(F)c1. The molecule has 0 aliphatic carbocycles. The summed E-state index contributed by atoms with van der Waals surface area (Å²) in [5, 5.41) is 12.7. The van der Waals surface area contributed by atoms with Crippen molar-refractivity contribution in [3.63, 3.8) is 0 Å². The van der Waals surface area contributed by atoms with Crippen LogP contribution in [0, 0.1) is 17.5 Å². The number of carboxylic acids is 1. The molecule has 2 aromatic carbocycles. The number of amides is 1. The smallest absolute Gasteiger partial charge is 0.326 e. The van der Waals surface area contributed by atoms with E-state index in [1.54, 1.807) is 40.7 Å². The third-order valence-electron chi connectivity index (χ3n) is 8.08. The molecule has 1 fully saturated rings. The van der Waals surface area contributed by atoms with Crippen molar-refractivity contribution in [3.8, 4) is 11.1 Å². The first-order chi connectivity index (χ1) is 21.5. The maximum absolute atomic E-state index is 15.1. The molecule has 0 unspecified atom stereocenters. The first-order valence-electron chi connectivity index (χ1n) is 14.1. The molecule has 0 saturated carbocycles. The van der Waals surface area contributed by atoms with Gasteiger partial charge in [0.05, 0.1) is 24.3 Å². The van der Waals surface area contributed by atoms with Gasteiger partial charge in [-0.2, -0.15) is 0 Å². The summed E-state index contributed by atoms with van der Waals surface area (Å²) < 4.78 is 52.5. The van der Waals surface area contributed by atoms with Gasteiger partial charge in [-0.05, 0) is 55.5 Å². The Kier molecular flexibility index (Phi) is 7.79. The molecule has 4 heterocycles. The van der Waals surface area contributed by atoms with Crippen LogP contribution in [0.3, 0.4) is 0 Å². The van der Waals surface area contributed by atoms with Crippen LogP contribution in [-0.4, -0.2) is 62.8 Å². The second-order valence-corrected chi connectivity index (χ2v) is 11.0. The van der Waals surface area contributed by atoms with Crippen molar-refractivity contribution in [2.75, 3.05) is 24.7 Å². The monoisotopic (exact) mass is 619 g/mol. The zero-order chi connectivity index (χ0) is 32.0. The van der Waals surface area contributed by atoms with Gasteiger partial charge in [0.25, 0.3) is 11.5 Å². The fourth-order valence-corrected chi connectivity index (χ4v) is 5.79. The van der Waals surface area contributed by atoms with Crippen LogP contribution in [0.1, 0.15) is 23.0 Å². The molecule has 232 valence electrons. The molecule has 0 radical (unpaired) electrons. The van der Waals surface area contributed by atoms with Crippen molar-refractivity contribution in [3.05, 3.63) is 100.0 Å². The van der Waals surface area contributed by atoms with Gasteiger partial charge in [-0.15, -0.1) is 0 Å². The highest BCUT2D eigenvalue weighted by Crippen LogP contribution is 2.28. The number of aliphatic carboxylic acids is 1. The number of benzene rings is 2. The Labute approximate surface area is 254 Å². The molecule has 1 aliphatic rings. The Morgan fingerprint density at radius 3 is 2.56 bits per heavy atom. The second-order valence-electron chi connectivity index (χ2n) is 11.0. The Bertz CT molecular complexity index is 2020. The van der Waals surface area contributed by atoms with E-state index in [1.165, 1.54) is 29.0 Å². The minimum atomic E-state index is -1.57. The van der Waals surface area contributed by atoms with E-state index in [0.29, 0.717) is 47.6 Å². The van der Waals surface area contributed by atoms with Crippen LogP contribution in [0.2, 0.25) is 0 Å². The van der Waals surface area contributed by atoms with E-state index in [9.17, 15) is 23.9 Å². The number of hydrogen-bond acceptors (Lipinski definition) is 6. The number of aryl methyl sites for hydroxylation is 1. The molecular formula is C32H28F3N5O5. The average molecular weight is 620 g/mol. The molecule has 2 N–H and O–H groups in total. The van der Waals surface area contributed by atoms with Gasteiger partial charge in [-0.1, -0.05) is 0 Å². The lowest BCUT2D eigenvalue weighted by Gasteiger charge is -2.35. The molecule has 13 heteroatoms. The quantitative estimate of drug-likeness (QED) is 0.284. The molecular weight excluding hydrogens is 591 g/mol. The normalized spacial score (nSPS) is 15.8. The van der Waals surface area contributed by atoms with Gasteiger partial charge < -0.3 is 29.0 Å². The first-order valence-corrected chi connectivity index (χ1v) is 14.1. The maximum Gasteiger partial charge on any atom is 0.326 e. The highest BCUT2D eigenvalue weighted by molar-refractivity contribution is 5.97. The third kappa shape index (κ3) is 5.50. The Morgan fingerprint density at radius 1 is 1.09 bits per heavy atom. The molecule has 1 saturated heterocycles. The van der Waals surface area contributed by atoms with Crippen LogP contribution >= 0.6 is 0 Å². The molecule has 6 rings (SSSR count). The van der Waals surface area contributed by atoms with Crippen molar-refractivity contribution in [2.45, 2.75) is 25.4 Å². The summed E-state index contributed by atoms with van der Waals surface area (Å²) in [6, 6.07) is 9.23. The highest BCUT2D eigenvalue weighted by atomic mass is 19.1. The number of ether oxygens (including phenoxy) is 1. The van der Waals surface area contributed by atoms with Crippen molar-refractivity contribution in [2.24, 2.45) is 7.05 Å². The molecule has 3 aromatic heterocycles. The number of carboxylic acid groups (broad SMARTS) is 1. The van der Waals surface area contributed by atoms with Crippen molar-refractivity contribution in [1.82, 2.24) is 19.3 Å². The van der Waals surface area contributed by atoms with E-state index in [1.807, 2.05) is 6.92 Å². The third-order valence-corrected chi connectivity index (χ3v) is 8.08. The lowest BCUT2D eigenvalue weighted by molar-refractivity contribution is -0.139. The summed E-state index contributed by atoms with van der Waals surface area (Å²) in [6.07, 6.45) is 2.75. The zero-order valence-electron chi connectivity index (χ0n) is 24.3. The zero-order valence-corrected chi connectivity index (χ0v) is 24.3. The van der Waals surface area contributed by atoms with Crippen molar-refractivity contribution < 1.29 is 32.6 Å². The number of carbonyl (C=O) groups is 2. The number of nitrogens with zero attached hydrogens (tertiary/aromatic N) is 4. The van der Waals surface area contributed by atoms with Gasteiger partial charge in [0.2, 0.25) is 0 Å². The highest BCUT2D eigenvalue weighted by Gasteiger charge is 2.28. The summed E-state index contributed by atoms with van der Waals surface area (Å²) >= 11 is 0. The summed E-state index contributed by atoms with van der Waals surface area (Å²) in [6.45, 7) is 3.04. The van der Waals surface area contributed by atoms with Crippen LogP contribution in [0.4, 0.5) is 18.9 Å². The number of hydrogen-bond donors (Lipinski definition) is 2. The lowest BCUT2D eigenvalue weighted by atomic mass is 10.0. The Hall–Kier alpha value is -5.17. The van der Waals surface area contributed by atoms with E-state index in [2.05, 4.69) is 10.3 Å². The number of imidazole rings is 1. The Balaban J connectivity index is 1.29. The van der Waals surface area contributed by atoms with Gasteiger partial charge in [0.15, 0.2) is 0 Å². The fourth-order valence-electron chi connectivity index (χ4n) is 5.79. The van der Waals surface area contributed by atoms with Gasteiger partial charge in [0.1, 0.15) is 34.7 Å². The molecule has 45 heavy (non-hydrogen) atoms. The van der Waals surface area contributed by atoms with Gasteiger partial charge in [0, 0.05) is 60.8 Å². The molecule has 0 spiro atoms. The summed E-state index contributed by atoms with van der Waals surface area (Å²) in [5.74, 6) is -5.35. The first kappa shape index (κ1) is 29.9. The fraction of sp³-hybridized carbons (Fsp3) is 0.250. The van der Waals surface area contributed by atoms with E-state index in [4.69, 9.17) is 4.74 Å². The molecule has 1 amide bonds. The minimum absolute atomic E-state index is 0.132. The predicted octanol–water partition coefficient (Wildman–Crippen LogP) is 3.92. The maximum atomic E-state index is 15.1. The topological polar surface area (TPSA) is 118 Å². The van der Waals surface area contributed by atoms with Crippen LogP contribution in [0.5, 0.6) is 0 Å². The van der Waals surface area contributed by atoms with E-state index < -0.39 is 40.9 Å². The van der Waals surface area contributed by atoms with Crippen molar-refractivity contribution in [1.29, 1.82) is 0 Å². The second kappa shape index (κ2) is 11.7. The lowest BCUT2D eigenvalue weighted by Crippen LogP contribution is -2.44. The summed E-state index contributed by atoms with van der Waals surface area (Å²) in [4.78, 5) is 44.6. The van der Waals surface area contributed by atoms with Gasteiger partial charge in [-0.25, -0.2) is 22.9 Å². The molecule has 10 nitrogen and oxygen atoms in total. The molecule has 1 aliphatic heterocycles. The van der Waals surface area contributed by atoms with E-state index in [0.717, 1.165) is 12.1 Å². The predicted molar refractivity (Wildman–Crippen MR) is 160 cm³/mol. The van der Waals surface area contributed by atoms with Crippen LogP contribution in [0.15, 0.2) is 65.7 Å². The van der Waals surface area contributed by atoms with E-state index in [-0.39, 0.29) is 29.3 Å². The number of anilines is 1. The Morgan fingerprint density at radius 2 is 1.84 bits per heavy atom. The number of nitrogens with one attached hydrogen (secondary N) is 1. The number of halogens is 3. The number of carbonyl (C=O) groups excluding carboxylic acids is 1. The molecule has 2 atom stereocenters. The van der Waals surface area contributed by atoms with Gasteiger partial charge in [-0.3, -0.25) is 9.59 Å². The largest absolute Gasteiger partial charge is 0.480 e. The minimum Gasteiger partial charge on any atom is -0.480 e. The molecule has 5 aromatic rings. The van der Waals surface area contributed by atoms with Crippen LogP contribution in [0.25, 0.3) is 27.7 Å². The van der Waals surface area contributed by atoms with E-state index >= 15 is 8.78 Å². The molecule has 0 bridgehead atoms. The standard InChI is InChI=1S/C32H28F3N5O5/c1-17-16-45-10-9-39(17)21-13-24(34)28(25(35)14-21)30(41)37-26(32(43)44)15-20-4-5-22(29-36-7-8-40(20)29)23-12-18-11-19(33)3-6-27(18)38(2)31(23)42/h3-8,11-14,17,26H,9-10,15-16H2,1-2H3,(H,37,41)(H,43,44)/t17-,26-/m0/s1. The number of aromatic nitrogens is 3. The van der Waals surface area contributed by atoms with Crippen LogP contribution in [-0.2, 0) is 23.0 Å². The van der Waals surface area contributed by atoms with Gasteiger partial charge >= 0.3 is 5.97 Å². The number of morpholine rings is 1. The number of rotatable bonds is 7. The number of pyridine rings is 2. The summed E-state index contributed by atoms with van der Waals surface area (Å²) in [7, 11) is 1.58. The van der Waals surface area contributed by atoms with Crippen molar-refractivity contribution >= 4 is 34.1 Å². The number of fused-ring (bicyclic) bond motifs is 2. The summed E-state index contributed by atoms with van der Waals surface area (Å²) in [5.41, 5.74) is 0.937. The average Bonchev–Trinajstić information content (AvgIpc) is 3.49.